The first-order valence-corrected chi connectivity index (χ1v) is 11.5. The van der Waals surface area contributed by atoms with Crippen molar-refractivity contribution in [3.05, 3.63) is 95.5 Å². The number of aromatic nitrogens is 2. The molecule has 0 saturated carbocycles. The van der Waals surface area contributed by atoms with Crippen LogP contribution < -0.4 is 4.74 Å². The van der Waals surface area contributed by atoms with E-state index >= 15 is 0 Å². The topological polar surface area (TPSA) is 78.3 Å². The standard InChI is InChI=1S/C23H17ClN2O4S/c1-31(28,29)20-13-11-19(12-14-20)26-22(30-23(27)17-5-3-2-4-6-17)15-21(25-26)16-7-9-18(24)10-8-16/h2-15H,1H3. The van der Waals surface area contributed by atoms with Crippen LogP contribution in [0.1, 0.15) is 10.4 Å². The van der Waals surface area contributed by atoms with E-state index in [2.05, 4.69) is 5.10 Å². The van der Waals surface area contributed by atoms with Gasteiger partial charge < -0.3 is 4.74 Å². The van der Waals surface area contributed by atoms with Gasteiger partial charge in [-0.2, -0.15) is 5.10 Å². The Balaban J connectivity index is 1.76. The van der Waals surface area contributed by atoms with Crippen molar-refractivity contribution >= 4 is 27.4 Å². The Morgan fingerprint density at radius 2 is 1.58 bits per heavy atom. The average Bonchev–Trinajstić information content (AvgIpc) is 3.18. The molecule has 4 aromatic rings. The molecule has 0 unspecified atom stereocenters. The number of esters is 1. The van der Waals surface area contributed by atoms with Crippen LogP contribution in [-0.4, -0.2) is 30.4 Å². The molecule has 4 rings (SSSR count). The van der Waals surface area contributed by atoms with E-state index in [1.165, 1.54) is 16.8 Å². The molecule has 0 aliphatic carbocycles. The molecular weight excluding hydrogens is 436 g/mol. The molecule has 31 heavy (non-hydrogen) atoms. The van der Waals surface area contributed by atoms with E-state index in [4.69, 9.17) is 16.3 Å². The summed E-state index contributed by atoms with van der Waals surface area (Å²) < 4.78 is 30.6. The molecule has 0 aliphatic heterocycles. The summed E-state index contributed by atoms with van der Waals surface area (Å²) in [5, 5.41) is 5.16. The first-order valence-electron chi connectivity index (χ1n) is 9.25. The molecule has 0 N–H and O–H groups in total. The summed E-state index contributed by atoms with van der Waals surface area (Å²) in [6.45, 7) is 0. The molecule has 0 saturated heterocycles. The predicted molar refractivity (Wildman–Crippen MR) is 119 cm³/mol. The minimum absolute atomic E-state index is 0.184. The van der Waals surface area contributed by atoms with Crippen molar-refractivity contribution in [1.82, 2.24) is 9.78 Å². The molecule has 0 aliphatic rings. The molecule has 8 heteroatoms. The summed E-state index contributed by atoms with van der Waals surface area (Å²) in [7, 11) is -3.34. The zero-order valence-electron chi connectivity index (χ0n) is 16.4. The Bertz CT molecular complexity index is 1330. The van der Waals surface area contributed by atoms with Crippen LogP contribution in [0, 0.1) is 0 Å². The normalized spacial score (nSPS) is 11.3. The number of benzene rings is 3. The summed E-state index contributed by atoms with van der Waals surface area (Å²) in [6.07, 6.45) is 1.14. The highest BCUT2D eigenvalue weighted by Gasteiger charge is 2.17. The van der Waals surface area contributed by atoms with Crippen LogP contribution in [0.5, 0.6) is 5.88 Å². The molecule has 0 radical (unpaired) electrons. The third-order valence-corrected chi connectivity index (χ3v) is 5.91. The van der Waals surface area contributed by atoms with Crippen LogP contribution in [0.2, 0.25) is 5.02 Å². The number of sulfone groups is 1. The van der Waals surface area contributed by atoms with Crippen LogP contribution in [0.25, 0.3) is 16.9 Å². The van der Waals surface area contributed by atoms with Crippen LogP contribution in [0.4, 0.5) is 0 Å². The van der Waals surface area contributed by atoms with E-state index in [0.717, 1.165) is 11.8 Å². The van der Waals surface area contributed by atoms with Crippen LogP contribution in [-0.2, 0) is 9.84 Å². The Labute approximate surface area is 184 Å². The van der Waals surface area contributed by atoms with Gasteiger partial charge in [-0.3, -0.25) is 0 Å². The van der Waals surface area contributed by atoms with Gasteiger partial charge in [0.1, 0.15) is 0 Å². The number of ether oxygens (including phenoxy) is 1. The summed E-state index contributed by atoms with van der Waals surface area (Å²) in [4.78, 5) is 12.8. The molecule has 0 spiro atoms. The predicted octanol–water partition coefficient (Wildman–Crippen LogP) is 4.82. The van der Waals surface area contributed by atoms with Gasteiger partial charge in [0.25, 0.3) is 0 Å². The lowest BCUT2D eigenvalue weighted by atomic mass is 10.1. The van der Waals surface area contributed by atoms with Crippen LogP contribution in [0.3, 0.4) is 0 Å². The lowest BCUT2D eigenvalue weighted by Crippen LogP contribution is -2.11. The first-order chi connectivity index (χ1) is 14.8. The number of hydrogen-bond donors (Lipinski definition) is 0. The van der Waals surface area contributed by atoms with Gasteiger partial charge in [0.2, 0.25) is 5.88 Å². The molecule has 0 fully saturated rings. The van der Waals surface area contributed by atoms with Crippen molar-refractivity contribution in [1.29, 1.82) is 0 Å². The fourth-order valence-corrected chi connectivity index (χ4v) is 3.70. The molecule has 1 heterocycles. The molecule has 0 atom stereocenters. The summed E-state index contributed by atoms with van der Waals surface area (Å²) >= 11 is 5.98. The second-order valence-corrected chi connectivity index (χ2v) is 9.26. The zero-order valence-corrected chi connectivity index (χ0v) is 18.0. The fourth-order valence-electron chi connectivity index (χ4n) is 2.95. The van der Waals surface area contributed by atoms with Gasteiger partial charge in [-0.05, 0) is 48.5 Å². The van der Waals surface area contributed by atoms with E-state index in [1.807, 2.05) is 18.2 Å². The van der Waals surface area contributed by atoms with Crippen molar-refractivity contribution in [2.45, 2.75) is 4.90 Å². The molecule has 6 nitrogen and oxygen atoms in total. The minimum Gasteiger partial charge on any atom is -0.404 e. The molecular formula is C23H17ClN2O4S. The van der Waals surface area contributed by atoms with Gasteiger partial charge in [0, 0.05) is 22.9 Å². The number of carbonyl (C=O) groups excluding carboxylic acids is 1. The van der Waals surface area contributed by atoms with Crippen molar-refractivity contribution in [3.8, 4) is 22.8 Å². The summed E-state index contributed by atoms with van der Waals surface area (Å²) in [6, 6.07) is 23.5. The average molecular weight is 453 g/mol. The van der Waals surface area contributed by atoms with E-state index in [9.17, 15) is 13.2 Å². The lowest BCUT2D eigenvalue weighted by molar-refractivity contribution is 0.0723. The van der Waals surface area contributed by atoms with Crippen LogP contribution in [0.15, 0.2) is 89.8 Å². The van der Waals surface area contributed by atoms with Crippen LogP contribution >= 0.6 is 11.6 Å². The molecule has 0 bridgehead atoms. The third kappa shape index (κ3) is 4.68. The fraction of sp³-hybridized carbons (Fsp3) is 0.0435. The number of hydrogen-bond acceptors (Lipinski definition) is 5. The Hall–Kier alpha value is -3.42. The smallest absolute Gasteiger partial charge is 0.344 e. The van der Waals surface area contributed by atoms with Crippen molar-refractivity contribution in [3.63, 3.8) is 0 Å². The third-order valence-electron chi connectivity index (χ3n) is 4.53. The monoisotopic (exact) mass is 452 g/mol. The lowest BCUT2D eigenvalue weighted by Gasteiger charge is -2.08. The Morgan fingerprint density at radius 1 is 0.935 bits per heavy atom. The van der Waals surface area contributed by atoms with Gasteiger partial charge in [0.05, 0.1) is 21.8 Å². The highest BCUT2D eigenvalue weighted by Crippen LogP contribution is 2.28. The number of halogens is 1. The van der Waals surface area contributed by atoms with Crippen molar-refractivity contribution in [2.24, 2.45) is 0 Å². The first kappa shape index (κ1) is 20.8. The maximum absolute atomic E-state index is 12.6. The second kappa shape index (κ2) is 8.37. The number of nitrogens with zero attached hydrogens (tertiary/aromatic N) is 2. The molecule has 3 aromatic carbocycles. The Morgan fingerprint density at radius 3 is 2.19 bits per heavy atom. The summed E-state index contributed by atoms with van der Waals surface area (Å²) in [5.74, 6) is -0.330. The highest BCUT2D eigenvalue weighted by molar-refractivity contribution is 7.90. The Kier molecular flexibility index (Phi) is 5.63. The summed E-state index contributed by atoms with van der Waals surface area (Å²) in [5.41, 5.74) is 2.30. The van der Waals surface area contributed by atoms with E-state index in [1.54, 1.807) is 54.6 Å². The minimum atomic E-state index is -3.34. The van der Waals surface area contributed by atoms with Gasteiger partial charge in [0.15, 0.2) is 9.84 Å². The highest BCUT2D eigenvalue weighted by atomic mass is 35.5. The van der Waals surface area contributed by atoms with Gasteiger partial charge in [-0.25, -0.2) is 17.9 Å². The maximum atomic E-state index is 12.6. The second-order valence-electron chi connectivity index (χ2n) is 6.81. The van der Waals surface area contributed by atoms with E-state index in [-0.39, 0.29) is 10.8 Å². The maximum Gasteiger partial charge on any atom is 0.344 e. The largest absolute Gasteiger partial charge is 0.404 e. The van der Waals surface area contributed by atoms with E-state index < -0.39 is 15.8 Å². The van der Waals surface area contributed by atoms with Gasteiger partial charge in [-0.15, -0.1) is 0 Å². The van der Waals surface area contributed by atoms with Gasteiger partial charge in [-0.1, -0.05) is 41.9 Å². The molecule has 156 valence electrons. The molecule has 0 amide bonds. The van der Waals surface area contributed by atoms with Crippen molar-refractivity contribution in [2.75, 3.05) is 6.26 Å². The van der Waals surface area contributed by atoms with Crippen molar-refractivity contribution < 1.29 is 17.9 Å². The zero-order chi connectivity index (χ0) is 22.0. The number of rotatable bonds is 5. The molecule has 1 aromatic heterocycles. The SMILES string of the molecule is CS(=O)(=O)c1ccc(-n2nc(-c3ccc(Cl)cc3)cc2OC(=O)c2ccccc2)cc1. The number of carbonyl (C=O) groups is 1. The van der Waals surface area contributed by atoms with E-state index in [0.29, 0.717) is 22.0 Å². The quantitative estimate of drug-likeness (QED) is 0.406. The van der Waals surface area contributed by atoms with Gasteiger partial charge >= 0.3 is 5.97 Å².